The molecule has 1 atom stereocenters. The van der Waals surface area contributed by atoms with Crippen LogP contribution >= 0.6 is 0 Å². The molecule has 1 saturated carbocycles. The Morgan fingerprint density at radius 2 is 1.87 bits per heavy atom. The summed E-state index contributed by atoms with van der Waals surface area (Å²) in [5, 5.41) is 4.23. The molecule has 1 aromatic heterocycles. The molecule has 2 heterocycles. The fourth-order valence-electron chi connectivity index (χ4n) is 5.01. The Morgan fingerprint density at radius 3 is 2.65 bits per heavy atom. The van der Waals surface area contributed by atoms with Gasteiger partial charge in [0, 0.05) is 28.7 Å². The summed E-state index contributed by atoms with van der Waals surface area (Å²) in [7, 11) is 1.60. The molecule has 31 heavy (non-hydrogen) atoms. The average molecular weight is 418 g/mol. The van der Waals surface area contributed by atoms with Crippen LogP contribution in [0.25, 0.3) is 10.9 Å². The summed E-state index contributed by atoms with van der Waals surface area (Å²) in [4.78, 5) is 29.2. The van der Waals surface area contributed by atoms with Crippen molar-refractivity contribution in [1.82, 2.24) is 9.88 Å². The molecule has 0 spiro atoms. The molecule has 2 aromatic carbocycles. The highest BCUT2D eigenvalue weighted by Gasteiger charge is 2.49. The number of nitrogens with zero attached hydrogens (tertiary/aromatic N) is 2. The number of ether oxygens (including phenoxy) is 1. The summed E-state index contributed by atoms with van der Waals surface area (Å²) in [5.74, 6) is 0.355. The molecule has 1 aliphatic heterocycles. The Labute approximate surface area is 181 Å². The molecule has 2 amide bonds. The number of anilines is 1. The van der Waals surface area contributed by atoms with E-state index in [1.165, 1.54) is 0 Å². The van der Waals surface area contributed by atoms with Crippen LogP contribution in [-0.4, -0.2) is 35.1 Å². The number of nitrogens with one attached hydrogen (secondary N) is 1. The van der Waals surface area contributed by atoms with Crippen LogP contribution in [0.4, 0.5) is 5.69 Å². The van der Waals surface area contributed by atoms with E-state index in [-0.39, 0.29) is 17.9 Å². The second-order valence-electron chi connectivity index (χ2n) is 8.75. The number of para-hydroxylation sites is 1. The van der Waals surface area contributed by atoms with E-state index in [1.807, 2.05) is 66.1 Å². The number of aromatic nitrogens is 1. The lowest BCUT2D eigenvalue weighted by Crippen LogP contribution is -2.65. The predicted octanol–water partition coefficient (Wildman–Crippen LogP) is 4.13. The molecule has 5 rings (SSSR count). The molecule has 0 radical (unpaired) electrons. The zero-order valence-electron chi connectivity index (χ0n) is 17.9. The van der Waals surface area contributed by atoms with Crippen LogP contribution in [0.3, 0.4) is 0 Å². The van der Waals surface area contributed by atoms with E-state index >= 15 is 0 Å². The zero-order chi connectivity index (χ0) is 21.6. The van der Waals surface area contributed by atoms with Crippen molar-refractivity contribution in [2.75, 3.05) is 12.0 Å². The van der Waals surface area contributed by atoms with Gasteiger partial charge in [0.25, 0.3) is 5.91 Å². The molecular weight excluding hydrogens is 390 g/mol. The number of amides is 2. The summed E-state index contributed by atoms with van der Waals surface area (Å²) in [5.41, 5.74) is 1.15. The highest BCUT2D eigenvalue weighted by atomic mass is 16.5. The fraction of sp³-hybridized carbons (Fsp3) is 0.360. The van der Waals surface area contributed by atoms with Crippen LogP contribution in [-0.2, 0) is 11.3 Å². The van der Waals surface area contributed by atoms with Gasteiger partial charge in [-0.1, -0.05) is 37.1 Å². The standard InChI is InChI=1S/C25H27N3O3/c1-25(24(30)26-18-9-4-5-10-18)16-27-21-13-6-3-8-17(21)14-22(27)23(29)28(25)19-11-7-12-20(15-19)31-2/h3,6-8,11-15,18H,4-5,9-10,16H2,1-2H3,(H,26,30)/t25-/m0/s1. The molecule has 2 aliphatic rings. The molecular formula is C25H27N3O3. The van der Waals surface area contributed by atoms with Gasteiger partial charge in [0.2, 0.25) is 5.91 Å². The molecule has 3 aromatic rings. The van der Waals surface area contributed by atoms with Gasteiger partial charge < -0.3 is 14.6 Å². The quantitative estimate of drug-likeness (QED) is 0.694. The second-order valence-corrected chi connectivity index (χ2v) is 8.75. The largest absolute Gasteiger partial charge is 0.497 e. The number of methoxy groups -OCH3 is 1. The van der Waals surface area contributed by atoms with Crippen molar-refractivity contribution in [2.24, 2.45) is 0 Å². The summed E-state index contributed by atoms with van der Waals surface area (Å²) in [6.07, 6.45) is 4.25. The van der Waals surface area contributed by atoms with Crippen molar-refractivity contribution in [3.63, 3.8) is 0 Å². The third-order valence-electron chi connectivity index (χ3n) is 6.68. The second kappa shape index (κ2) is 7.45. The molecule has 0 saturated heterocycles. The van der Waals surface area contributed by atoms with Crippen molar-refractivity contribution in [2.45, 2.75) is 50.7 Å². The SMILES string of the molecule is COc1cccc(N2C(=O)c3cc4ccccc4n3C[C@@]2(C)C(=O)NC2CCCC2)c1. The molecule has 6 heteroatoms. The van der Waals surface area contributed by atoms with Crippen molar-refractivity contribution in [1.29, 1.82) is 0 Å². The lowest BCUT2D eigenvalue weighted by Gasteiger charge is -2.44. The molecule has 160 valence electrons. The Balaban J connectivity index is 1.64. The summed E-state index contributed by atoms with van der Waals surface area (Å²) < 4.78 is 7.38. The van der Waals surface area contributed by atoms with E-state index in [1.54, 1.807) is 12.0 Å². The van der Waals surface area contributed by atoms with E-state index in [4.69, 9.17) is 4.74 Å². The number of hydrogen-bond acceptors (Lipinski definition) is 3. The molecule has 1 N–H and O–H groups in total. The third-order valence-corrected chi connectivity index (χ3v) is 6.68. The van der Waals surface area contributed by atoms with Crippen molar-refractivity contribution < 1.29 is 14.3 Å². The van der Waals surface area contributed by atoms with Crippen molar-refractivity contribution in [3.05, 3.63) is 60.3 Å². The maximum absolute atomic E-state index is 13.8. The molecule has 1 aliphatic carbocycles. The van der Waals surface area contributed by atoms with E-state index in [0.717, 1.165) is 36.6 Å². The number of rotatable bonds is 4. The van der Waals surface area contributed by atoms with Gasteiger partial charge in [-0.05, 0) is 44.0 Å². The fourth-order valence-corrected chi connectivity index (χ4v) is 5.01. The Bertz CT molecular complexity index is 1160. The Kier molecular flexibility index (Phi) is 4.73. The number of hydrogen-bond donors (Lipinski definition) is 1. The van der Waals surface area contributed by atoms with E-state index in [0.29, 0.717) is 23.7 Å². The first-order chi connectivity index (χ1) is 15.0. The van der Waals surface area contributed by atoms with Gasteiger partial charge >= 0.3 is 0 Å². The highest BCUT2D eigenvalue weighted by Crippen LogP contribution is 2.37. The van der Waals surface area contributed by atoms with Crippen molar-refractivity contribution >= 4 is 28.4 Å². The van der Waals surface area contributed by atoms with Crippen LogP contribution in [0, 0.1) is 0 Å². The smallest absolute Gasteiger partial charge is 0.275 e. The first kappa shape index (κ1) is 19.7. The van der Waals surface area contributed by atoms with Crippen LogP contribution < -0.4 is 15.0 Å². The summed E-state index contributed by atoms with van der Waals surface area (Å²) >= 11 is 0. The first-order valence-electron chi connectivity index (χ1n) is 10.9. The lowest BCUT2D eigenvalue weighted by molar-refractivity contribution is -0.127. The highest BCUT2D eigenvalue weighted by molar-refractivity contribution is 6.14. The van der Waals surface area contributed by atoms with Gasteiger partial charge in [-0.15, -0.1) is 0 Å². The molecule has 0 unspecified atom stereocenters. The number of fused-ring (bicyclic) bond motifs is 3. The topological polar surface area (TPSA) is 63.6 Å². The van der Waals surface area contributed by atoms with Crippen LogP contribution in [0.5, 0.6) is 5.75 Å². The van der Waals surface area contributed by atoms with Gasteiger partial charge in [0.05, 0.1) is 13.7 Å². The third kappa shape index (κ3) is 3.17. The van der Waals surface area contributed by atoms with Crippen LogP contribution in [0.1, 0.15) is 43.1 Å². The summed E-state index contributed by atoms with van der Waals surface area (Å²) in [6, 6.07) is 17.4. The van der Waals surface area contributed by atoms with Crippen LogP contribution in [0.2, 0.25) is 0 Å². The zero-order valence-corrected chi connectivity index (χ0v) is 17.9. The van der Waals surface area contributed by atoms with Gasteiger partial charge in [-0.3, -0.25) is 14.5 Å². The van der Waals surface area contributed by atoms with Crippen LogP contribution in [0.15, 0.2) is 54.6 Å². The lowest BCUT2D eigenvalue weighted by atomic mass is 9.93. The van der Waals surface area contributed by atoms with E-state index < -0.39 is 5.54 Å². The number of benzene rings is 2. The normalized spacial score (nSPS) is 21.4. The van der Waals surface area contributed by atoms with Gasteiger partial charge in [-0.25, -0.2) is 0 Å². The number of carbonyl (C=O) groups excluding carboxylic acids is 2. The average Bonchev–Trinajstić information content (AvgIpc) is 3.42. The minimum Gasteiger partial charge on any atom is -0.497 e. The van der Waals surface area contributed by atoms with Crippen molar-refractivity contribution in [3.8, 4) is 5.75 Å². The monoisotopic (exact) mass is 417 g/mol. The molecule has 6 nitrogen and oxygen atoms in total. The first-order valence-corrected chi connectivity index (χ1v) is 10.9. The maximum atomic E-state index is 13.8. The summed E-state index contributed by atoms with van der Waals surface area (Å²) in [6.45, 7) is 2.25. The minimum atomic E-state index is -1.07. The Hall–Kier alpha value is -3.28. The number of carbonyl (C=O) groups is 2. The maximum Gasteiger partial charge on any atom is 0.275 e. The predicted molar refractivity (Wildman–Crippen MR) is 121 cm³/mol. The van der Waals surface area contributed by atoms with Gasteiger partial charge in [-0.2, -0.15) is 0 Å². The Morgan fingerprint density at radius 1 is 1.10 bits per heavy atom. The van der Waals surface area contributed by atoms with Gasteiger partial charge in [0.15, 0.2) is 0 Å². The minimum absolute atomic E-state index is 0.112. The molecule has 1 fully saturated rings. The molecule has 0 bridgehead atoms. The van der Waals surface area contributed by atoms with E-state index in [2.05, 4.69) is 5.32 Å². The van der Waals surface area contributed by atoms with Gasteiger partial charge in [0.1, 0.15) is 17.0 Å². The van der Waals surface area contributed by atoms with E-state index in [9.17, 15) is 9.59 Å².